The Hall–Kier alpha value is -1.58. The normalized spacial score (nSPS) is 10.0. The van der Waals surface area contributed by atoms with Crippen LogP contribution in [0.1, 0.15) is 0 Å². The van der Waals surface area contributed by atoms with Gasteiger partial charge in [0.25, 0.3) is 0 Å². The molecule has 0 saturated heterocycles. The van der Waals surface area contributed by atoms with E-state index in [2.05, 4.69) is 26.4 Å². The van der Waals surface area contributed by atoms with Gasteiger partial charge in [0.05, 0.1) is 6.20 Å². The van der Waals surface area contributed by atoms with Crippen LogP contribution in [0.4, 0.5) is 0 Å². The topological polar surface area (TPSA) is 51.6 Å². The number of hydrogen-bond donors (Lipinski definition) is 0. The molecule has 0 N–H and O–H groups in total. The van der Waals surface area contributed by atoms with E-state index < -0.39 is 0 Å². The second-order valence-electron chi connectivity index (χ2n) is 1.78. The van der Waals surface area contributed by atoms with Crippen molar-refractivity contribution < 1.29 is 0 Å². The van der Waals surface area contributed by atoms with Crippen LogP contribution in [-0.4, -0.2) is 20.2 Å². The van der Waals surface area contributed by atoms with E-state index in [1.54, 1.807) is 12.4 Å². The zero-order valence-electron chi connectivity index (χ0n) is 5.02. The molecule has 0 saturated carbocycles. The molecule has 0 aromatic carbocycles. The van der Waals surface area contributed by atoms with Crippen LogP contribution in [0.15, 0.2) is 18.7 Å². The second-order valence-corrected chi connectivity index (χ2v) is 1.78. The molecule has 0 bridgehead atoms. The van der Waals surface area contributed by atoms with E-state index in [4.69, 9.17) is 0 Å². The largest absolute Gasteiger partial charge is 0.244 e. The summed E-state index contributed by atoms with van der Waals surface area (Å²) in [6.45, 7) is 0. The van der Waals surface area contributed by atoms with Gasteiger partial charge in [0.15, 0.2) is 0 Å². The third-order valence-corrected chi connectivity index (χ3v) is 1.15. The molecule has 4 heteroatoms. The smallest absolute Gasteiger partial charge is 0.142 e. The fraction of sp³-hybridized carbons (Fsp3) is 0. The number of rotatable bonds is 0. The van der Waals surface area contributed by atoms with Gasteiger partial charge in [0, 0.05) is 11.6 Å². The molecule has 0 unspecified atom stereocenters. The monoisotopic (exact) mass is 131 g/mol. The van der Waals surface area contributed by atoms with Crippen molar-refractivity contribution in [3.63, 3.8) is 0 Å². The van der Waals surface area contributed by atoms with Gasteiger partial charge in [-0.25, -0.2) is 9.97 Å². The fourth-order valence-corrected chi connectivity index (χ4v) is 0.696. The first-order valence-corrected chi connectivity index (χ1v) is 2.76. The highest BCUT2D eigenvalue weighted by Gasteiger charge is 1.90. The van der Waals surface area contributed by atoms with Crippen LogP contribution in [0.5, 0.6) is 0 Å². The molecule has 0 aliphatic carbocycles. The molecule has 47 valence electrons. The Kier molecular flexibility index (Phi) is 1.04. The van der Waals surface area contributed by atoms with Gasteiger partial charge < -0.3 is 0 Å². The van der Waals surface area contributed by atoms with Gasteiger partial charge in [-0.1, -0.05) is 0 Å². The lowest BCUT2D eigenvalue weighted by molar-refractivity contribution is 1.03. The van der Waals surface area contributed by atoms with Crippen LogP contribution < -0.4 is 0 Å². The lowest BCUT2D eigenvalue weighted by atomic mass is 10.4. The lowest BCUT2D eigenvalue weighted by Crippen LogP contribution is -1.84. The first kappa shape index (κ1) is 5.22. The number of fused-ring (bicyclic) bond motifs is 1. The number of nitrogens with zero attached hydrogens (tertiary/aromatic N) is 4. The van der Waals surface area contributed by atoms with Gasteiger partial charge in [0.2, 0.25) is 0 Å². The van der Waals surface area contributed by atoms with E-state index in [9.17, 15) is 0 Å². The van der Waals surface area contributed by atoms with Crippen molar-refractivity contribution in [2.75, 3.05) is 0 Å². The Morgan fingerprint density at radius 2 is 2.30 bits per heavy atom. The predicted molar refractivity (Wildman–Crippen MR) is 34.0 cm³/mol. The average molecular weight is 131 g/mol. The van der Waals surface area contributed by atoms with E-state index >= 15 is 0 Å². The summed E-state index contributed by atoms with van der Waals surface area (Å²) in [6.07, 6.45) is 7.37. The first-order chi connectivity index (χ1) is 4.97. The minimum Gasteiger partial charge on any atom is -0.244 e. The van der Waals surface area contributed by atoms with Crippen LogP contribution in [-0.2, 0) is 0 Å². The molecule has 10 heavy (non-hydrogen) atoms. The van der Waals surface area contributed by atoms with Gasteiger partial charge in [0.1, 0.15) is 18.0 Å². The van der Waals surface area contributed by atoms with Crippen molar-refractivity contribution >= 4 is 10.9 Å². The molecule has 4 nitrogen and oxygen atoms in total. The summed E-state index contributed by atoms with van der Waals surface area (Å²) in [5.74, 6) is 0. The van der Waals surface area contributed by atoms with Crippen LogP contribution in [0.25, 0.3) is 10.9 Å². The highest BCUT2D eigenvalue weighted by Crippen LogP contribution is 2.01. The molecule has 0 amide bonds. The molecular formula is C6H3N4. The maximum atomic E-state index is 3.91. The van der Waals surface area contributed by atoms with Crippen molar-refractivity contribution in [2.45, 2.75) is 0 Å². The number of hydrogen-bond acceptors (Lipinski definition) is 4. The van der Waals surface area contributed by atoms with Crippen molar-refractivity contribution in [1.29, 1.82) is 0 Å². The summed E-state index contributed by atoms with van der Waals surface area (Å²) in [5.41, 5.74) is 0.699. The number of aromatic nitrogens is 4. The molecule has 2 aromatic heterocycles. The Labute approximate surface area is 57.0 Å². The minimum atomic E-state index is 0.699. The predicted octanol–water partition coefficient (Wildman–Crippen LogP) is 0.220. The highest BCUT2D eigenvalue weighted by atomic mass is 15.1. The van der Waals surface area contributed by atoms with Crippen molar-refractivity contribution in [3.8, 4) is 0 Å². The summed E-state index contributed by atoms with van der Waals surface area (Å²) < 4.78 is 0. The molecule has 1 radical (unpaired) electrons. The third-order valence-electron chi connectivity index (χ3n) is 1.15. The van der Waals surface area contributed by atoms with Gasteiger partial charge >= 0.3 is 0 Å². The Balaban J connectivity index is 2.89. The van der Waals surface area contributed by atoms with E-state index in [0.717, 1.165) is 5.39 Å². The standard InChI is InChI=1S/C6H3N4/c1-5-2-9-10-3-6(5)8-4-7-1/h1-2,4H. The Bertz CT molecular complexity index is 281. The average Bonchev–Trinajstić information content (AvgIpc) is 2.05. The van der Waals surface area contributed by atoms with E-state index in [1.807, 2.05) is 0 Å². The maximum Gasteiger partial charge on any atom is 0.142 e. The molecule has 0 spiro atoms. The zero-order valence-corrected chi connectivity index (χ0v) is 5.02. The van der Waals surface area contributed by atoms with Crippen LogP contribution in [0.2, 0.25) is 0 Å². The fourth-order valence-electron chi connectivity index (χ4n) is 0.696. The van der Waals surface area contributed by atoms with Crippen LogP contribution in [0.3, 0.4) is 0 Å². The summed E-state index contributed by atoms with van der Waals surface area (Å²) in [5, 5.41) is 8.03. The molecule has 2 heterocycles. The summed E-state index contributed by atoms with van der Waals surface area (Å²) in [7, 11) is 0. The molecular weight excluding hydrogens is 128 g/mol. The zero-order chi connectivity index (χ0) is 6.81. The van der Waals surface area contributed by atoms with E-state index in [-0.39, 0.29) is 0 Å². The SMILES string of the molecule is [c]1nncc2cncnc12. The first-order valence-electron chi connectivity index (χ1n) is 2.76. The van der Waals surface area contributed by atoms with Gasteiger partial charge in [-0.3, -0.25) is 0 Å². The quantitative estimate of drug-likeness (QED) is 0.513. The molecule has 0 aliphatic rings. The van der Waals surface area contributed by atoms with Gasteiger partial charge in [-0.05, 0) is 0 Å². The molecule has 2 aromatic rings. The highest BCUT2D eigenvalue weighted by molar-refractivity contribution is 5.74. The van der Waals surface area contributed by atoms with Crippen LogP contribution in [0, 0.1) is 6.20 Å². The van der Waals surface area contributed by atoms with Crippen molar-refractivity contribution in [1.82, 2.24) is 20.2 Å². The summed E-state index contributed by atoms with van der Waals surface area (Å²) >= 11 is 0. The molecule has 2 rings (SSSR count). The van der Waals surface area contributed by atoms with Crippen LogP contribution >= 0.6 is 0 Å². The Morgan fingerprint density at radius 3 is 3.20 bits per heavy atom. The third kappa shape index (κ3) is 0.699. The molecule has 0 atom stereocenters. The minimum absolute atomic E-state index is 0.699. The van der Waals surface area contributed by atoms with Gasteiger partial charge in [-0.2, -0.15) is 5.10 Å². The second kappa shape index (κ2) is 1.98. The van der Waals surface area contributed by atoms with Gasteiger partial charge in [-0.15, -0.1) is 5.10 Å². The van der Waals surface area contributed by atoms with E-state index in [0.29, 0.717) is 5.52 Å². The molecule has 0 fully saturated rings. The summed E-state index contributed by atoms with van der Waals surface area (Å²) in [4.78, 5) is 7.73. The molecule has 0 aliphatic heterocycles. The van der Waals surface area contributed by atoms with E-state index in [1.165, 1.54) is 6.33 Å². The maximum absolute atomic E-state index is 3.91. The van der Waals surface area contributed by atoms with Crippen molar-refractivity contribution in [2.24, 2.45) is 0 Å². The van der Waals surface area contributed by atoms with Crippen molar-refractivity contribution in [3.05, 3.63) is 24.9 Å². The summed E-state index contributed by atoms with van der Waals surface area (Å²) in [6, 6.07) is 0. The Morgan fingerprint density at radius 1 is 1.30 bits per heavy atom. The lowest BCUT2D eigenvalue weighted by Gasteiger charge is -1.88.